The highest BCUT2D eigenvalue weighted by Gasteiger charge is 2.24. The number of amides is 2. The van der Waals surface area contributed by atoms with Gasteiger partial charge in [0.15, 0.2) is 0 Å². The third kappa shape index (κ3) is 6.88. The van der Waals surface area contributed by atoms with Crippen LogP contribution in [0, 0.1) is 0 Å². The van der Waals surface area contributed by atoms with Gasteiger partial charge in [-0.05, 0) is 31.6 Å². The lowest BCUT2D eigenvalue weighted by molar-refractivity contribution is 0.109. The van der Waals surface area contributed by atoms with Gasteiger partial charge in [0.05, 0.1) is 13.2 Å². The summed E-state index contributed by atoms with van der Waals surface area (Å²) in [6, 6.07) is 5.92. The largest absolute Gasteiger partial charge is 0.378 e. The van der Waals surface area contributed by atoms with Gasteiger partial charge in [-0.2, -0.15) is 0 Å². The number of rotatable bonds is 10. The number of nitrogens with one attached hydrogen (secondary N) is 2. The van der Waals surface area contributed by atoms with Gasteiger partial charge < -0.3 is 25.2 Å². The molecule has 1 unspecified atom stereocenters. The first kappa shape index (κ1) is 19.5. The molecule has 1 aromatic rings. The number of aromatic nitrogens is 1. The average Bonchev–Trinajstić information content (AvgIpc) is 3.10. The average molecular weight is 349 g/mol. The summed E-state index contributed by atoms with van der Waals surface area (Å²) >= 11 is 0. The van der Waals surface area contributed by atoms with Crippen LogP contribution in [0.25, 0.3) is 0 Å². The molecule has 2 rings (SSSR count). The predicted octanol–water partition coefficient (Wildman–Crippen LogP) is 1.32. The molecule has 0 spiro atoms. The zero-order valence-electron chi connectivity index (χ0n) is 15.4. The van der Waals surface area contributed by atoms with Crippen molar-refractivity contribution < 1.29 is 9.53 Å². The van der Waals surface area contributed by atoms with E-state index in [1.807, 2.05) is 18.2 Å². The Labute approximate surface area is 150 Å². The Hall–Kier alpha value is -1.86. The van der Waals surface area contributed by atoms with E-state index in [0.717, 1.165) is 45.0 Å². The first-order valence-electron chi connectivity index (χ1n) is 9.23. The minimum atomic E-state index is -0.125. The summed E-state index contributed by atoms with van der Waals surface area (Å²) in [7, 11) is 0. The van der Waals surface area contributed by atoms with Crippen LogP contribution in [0.1, 0.15) is 20.3 Å². The topological polar surface area (TPSA) is 69.7 Å². The van der Waals surface area contributed by atoms with Crippen molar-refractivity contribution in [2.24, 2.45) is 0 Å². The molecule has 0 radical (unpaired) electrons. The summed E-state index contributed by atoms with van der Waals surface area (Å²) in [5, 5.41) is 5.88. The molecule has 1 saturated heterocycles. The van der Waals surface area contributed by atoms with E-state index in [4.69, 9.17) is 4.74 Å². The summed E-state index contributed by atoms with van der Waals surface area (Å²) in [5.74, 6) is 0.966. The van der Waals surface area contributed by atoms with Crippen LogP contribution >= 0.6 is 0 Å². The zero-order valence-corrected chi connectivity index (χ0v) is 15.4. The van der Waals surface area contributed by atoms with Crippen LogP contribution in [-0.4, -0.2) is 74.4 Å². The van der Waals surface area contributed by atoms with E-state index in [9.17, 15) is 4.79 Å². The van der Waals surface area contributed by atoms with Crippen molar-refractivity contribution in [3.05, 3.63) is 24.4 Å². The molecule has 0 aliphatic carbocycles. The van der Waals surface area contributed by atoms with Crippen molar-refractivity contribution in [1.29, 1.82) is 0 Å². The molecule has 0 saturated carbocycles. The van der Waals surface area contributed by atoms with E-state index in [1.54, 1.807) is 6.20 Å². The van der Waals surface area contributed by atoms with Crippen LogP contribution in [0.4, 0.5) is 10.6 Å². The molecule has 0 bridgehead atoms. The maximum absolute atomic E-state index is 12.0. The number of urea groups is 1. The second-order valence-corrected chi connectivity index (χ2v) is 6.16. The molecule has 1 atom stereocenters. The maximum atomic E-state index is 12.0. The molecular formula is C18H31N5O2. The standard InChI is InChI=1S/C18H31N5O2/c1-3-22(4-2)12-14-25-13-10-20-18(24)21-16-8-11-23(15-16)17-7-5-6-9-19-17/h5-7,9,16H,3-4,8,10-15H2,1-2H3,(H2,20,21,24). The Morgan fingerprint density at radius 2 is 2.20 bits per heavy atom. The number of hydrogen-bond donors (Lipinski definition) is 2. The summed E-state index contributed by atoms with van der Waals surface area (Å²) in [4.78, 5) is 20.8. The van der Waals surface area contributed by atoms with Crippen LogP contribution in [0.5, 0.6) is 0 Å². The molecule has 1 fully saturated rings. The van der Waals surface area contributed by atoms with Gasteiger partial charge in [0, 0.05) is 38.4 Å². The first-order valence-corrected chi connectivity index (χ1v) is 9.23. The Morgan fingerprint density at radius 3 is 2.92 bits per heavy atom. The fourth-order valence-electron chi connectivity index (χ4n) is 2.94. The summed E-state index contributed by atoms with van der Waals surface area (Å²) < 4.78 is 5.56. The van der Waals surface area contributed by atoms with E-state index in [1.165, 1.54) is 0 Å². The number of likely N-dealkylation sites (N-methyl/N-ethyl adjacent to an activating group) is 1. The van der Waals surface area contributed by atoms with Crippen molar-refractivity contribution in [2.75, 3.05) is 57.4 Å². The second-order valence-electron chi connectivity index (χ2n) is 6.16. The molecule has 0 aromatic carbocycles. The monoisotopic (exact) mass is 349 g/mol. The lowest BCUT2D eigenvalue weighted by Gasteiger charge is -2.18. The Kier molecular flexibility index (Phi) is 8.48. The minimum Gasteiger partial charge on any atom is -0.378 e. The second kappa shape index (κ2) is 10.9. The van der Waals surface area contributed by atoms with Crippen LogP contribution in [0.15, 0.2) is 24.4 Å². The maximum Gasteiger partial charge on any atom is 0.315 e. The van der Waals surface area contributed by atoms with Crippen molar-refractivity contribution in [3.8, 4) is 0 Å². The quantitative estimate of drug-likeness (QED) is 0.624. The first-order chi connectivity index (χ1) is 12.2. The molecule has 2 amide bonds. The number of carbonyl (C=O) groups excluding carboxylic acids is 1. The zero-order chi connectivity index (χ0) is 17.9. The molecule has 140 valence electrons. The fraction of sp³-hybridized carbons (Fsp3) is 0.667. The molecule has 1 aliphatic rings. The highest BCUT2D eigenvalue weighted by atomic mass is 16.5. The highest BCUT2D eigenvalue weighted by molar-refractivity contribution is 5.74. The molecule has 1 aromatic heterocycles. The highest BCUT2D eigenvalue weighted by Crippen LogP contribution is 2.17. The van der Waals surface area contributed by atoms with E-state index in [0.29, 0.717) is 19.8 Å². The van der Waals surface area contributed by atoms with E-state index in [2.05, 4.69) is 39.3 Å². The smallest absolute Gasteiger partial charge is 0.315 e. The van der Waals surface area contributed by atoms with E-state index >= 15 is 0 Å². The third-order valence-electron chi connectivity index (χ3n) is 4.47. The molecule has 1 aliphatic heterocycles. The van der Waals surface area contributed by atoms with Crippen LogP contribution in [0.2, 0.25) is 0 Å². The van der Waals surface area contributed by atoms with Gasteiger partial charge in [-0.1, -0.05) is 19.9 Å². The lowest BCUT2D eigenvalue weighted by Crippen LogP contribution is -2.44. The number of anilines is 1. The molecule has 2 heterocycles. The molecule has 25 heavy (non-hydrogen) atoms. The Morgan fingerprint density at radius 1 is 1.36 bits per heavy atom. The van der Waals surface area contributed by atoms with Crippen molar-refractivity contribution >= 4 is 11.8 Å². The Balaban J connectivity index is 1.54. The lowest BCUT2D eigenvalue weighted by atomic mass is 10.3. The van der Waals surface area contributed by atoms with E-state index < -0.39 is 0 Å². The number of nitrogens with zero attached hydrogens (tertiary/aromatic N) is 3. The van der Waals surface area contributed by atoms with Gasteiger partial charge in [0.1, 0.15) is 5.82 Å². The molecule has 7 heteroatoms. The third-order valence-corrected chi connectivity index (χ3v) is 4.47. The summed E-state index contributed by atoms with van der Waals surface area (Å²) in [5.41, 5.74) is 0. The molecule has 7 nitrogen and oxygen atoms in total. The molecular weight excluding hydrogens is 318 g/mol. The van der Waals surface area contributed by atoms with Crippen LogP contribution in [-0.2, 0) is 4.74 Å². The number of carbonyl (C=O) groups is 1. The predicted molar refractivity (Wildman–Crippen MR) is 100.0 cm³/mol. The van der Waals surface area contributed by atoms with Gasteiger partial charge in [0.25, 0.3) is 0 Å². The number of ether oxygens (including phenoxy) is 1. The number of hydrogen-bond acceptors (Lipinski definition) is 5. The van der Waals surface area contributed by atoms with Crippen LogP contribution < -0.4 is 15.5 Å². The van der Waals surface area contributed by atoms with Gasteiger partial charge >= 0.3 is 6.03 Å². The summed E-state index contributed by atoms with van der Waals surface area (Å²) in [6.45, 7) is 10.8. The summed E-state index contributed by atoms with van der Waals surface area (Å²) in [6.07, 6.45) is 2.73. The fourth-order valence-corrected chi connectivity index (χ4v) is 2.94. The van der Waals surface area contributed by atoms with Gasteiger partial charge in [-0.25, -0.2) is 9.78 Å². The van der Waals surface area contributed by atoms with Crippen LogP contribution in [0.3, 0.4) is 0 Å². The SMILES string of the molecule is CCN(CC)CCOCCNC(=O)NC1CCN(c2ccccn2)C1. The minimum absolute atomic E-state index is 0.125. The van der Waals surface area contributed by atoms with Crippen molar-refractivity contribution in [3.63, 3.8) is 0 Å². The van der Waals surface area contributed by atoms with Gasteiger partial charge in [0.2, 0.25) is 0 Å². The van der Waals surface area contributed by atoms with Crippen molar-refractivity contribution in [1.82, 2.24) is 20.5 Å². The van der Waals surface area contributed by atoms with Gasteiger partial charge in [-0.3, -0.25) is 0 Å². The van der Waals surface area contributed by atoms with Gasteiger partial charge in [-0.15, -0.1) is 0 Å². The van der Waals surface area contributed by atoms with E-state index in [-0.39, 0.29) is 12.1 Å². The molecule has 2 N–H and O–H groups in total. The van der Waals surface area contributed by atoms with Crippen molar-refractivity contribution in [2.45, 2.75) is 26.3 Å². The Bertz CT molecular complexity index is 495. The normalized spacial score (nSPS) is 17.1. The number of pyridine rings is 1.